The van der Waals surface area contributed by atoms with Crippen LogP contribution in [0, 0.1) is 23.8 Å². The van der Waals surface area contributed by atoms with E-state index in [-0.39, 0.29) is 24.9 Å². The monoisotopic (exact) mass is 563 g/mol. The summed E-state index contributed by atoms with van der Waals surface area (Å²) in [5.74, 6) is -1.59. The van der Waals surface area contributed by atoms with Crippen molar-refractivity contribution in [1.29, 1.82) is 5.26 Å². The van der Waals surface area contributed by atoms with E-state index in [1.165, 1.54) is 4.90 Å². The van der Waals surface area contributed by atoms with Gasteiger partial charge >= 0.3 is 6.09 Å². The fourth-order valence-electron chi connectivity index (χ4n) is 5.32. The molecule has 0 spiro atoms. The molecule has 212 valence electrons. The third-order valence-corrected chi connectivity index (χ3v) is 7.19. The number of nitrogens with one attached hydrogen (secondary N) is 1. The second kappa shape index (κ2) is 10.6. The predicted octanol–water partition coefficient (Wildman–Crippen LogP) is 5.38. The van der Waals surface area contributed by atoms with E-state index >= 15 is 0 Å². The summed E-state index contributed by atoms with van der Waals surface area (Å²) >= 11 is 0. The van der Waals surface area contributed by atoms with Gasteiger partial charge in [-0.05, 0) is 64.4 Å². The van der Waals surface area contributed by atoms with Crippen LogP contribution in [0.3, 0.4) is 0 Å². The number of anilines is 1. The summed E-state index contributed by atoms with van der Waals surface area (Å²) in [6.45, 7) is 16.8. The van der Waals surface area contributed by atoms with Gasteiger partial charge in [0.1, 0.15) is 5.60 Å². The van der Waals surface area contributed by atoms with Crippen LogP contribution in [0.1, 0.15) is 66.8 Å². The van der Waals surface area contributed by atoms with Crippen LogP contribution in [0.4, 0.5) is 10.6 Å². The number of hydrogen-bond acceptors (Lipinski definition) is 8. The van der Waals surface area contributed by atoms with Gasteiger partial charge in [-0.1, -0.05) is 18.2 Å². The number of carbonyl (C=O) groups is 3. The summed E-state index contributed by atoms with van der Waals surface area (Å²) in [4.78, 5) is 48.0. The molecule has 2 aliphatic rings. The molecule has 2 amide bonds. The number of aromatic nitrogens is 2. The van der Waals surface area contributed by atoms with Gasteiger partial charge in [0.25, 0.3) is 11.8 Å². The molecule has 0 fully saturated rings. The van der Waals surface area contributed by atoms with Crippen LogP contribution in [0.2, 0.25) is 0 Å². The van der Waals surface area contributed by atoms with Crippen LogP contribution in [-0.4, -0.2) is 57.0 Å². The molecule has 2 aliphatic heterocycles. The summed E-state index contributed by atoms with van der Waals surface area (Å²) in [6.07, 6.45) is -0.679. The maximum Gasteiger partial charge on any atom is 0.435 e. The van der Waals surface area contributed by atoms with Crippen molar-refractivity contribution >= 4 is 40.3 Å². The molecule has 0 saturated carbocycles. The first kappa shape index (κ1) is 28.2. The number of amides is 2. The molecule has 3 aromatic rings. The second-order valence-electron chi connectivity index (χ2n) is 11.2. The zero-order valence-corrected chi connectivity index (χ0v) is 23.9. The maximum atomic E-state index is 13.1. The molecule has 0 saturated heterocycles. The fourth-order valence-corrected chi connectivity index (χ4v) is 5.32. The number of imide groups is 1. The average molecular weight is 564 g/mol. The van der Waals surface area contributed by atoms with Gasteiger partial charge in [-0.3, -0.25) is 19.5 Å². The van der Waals surface area contributed by atoms with Gasteiger partial charge in [-0.15, -0.1) is 5.10 Å². The molecular formula is C31H29N7O4. The van der Waals surface area contributed by atoms with E-state index in [0.717, 1.165) is 4.68 Å². The summed E-state index contributed by atoms with van der Waals surface area (Å²) in [6, 6.07) is 14.3. The van der Waals surface area contributed by atoms with Crippen molar-refractivity contribution in [3.63, 3.8) is 0 Å². The maximum absolute atomic E-state index is 13.1. The molecule has 2 aromatic carbocycles. The highest BCUT2D eigenvalue weighted by Gasteiger charge is 2.36. The number of aliphatic imine (C=N–C) groups is 1. The number of hydrogen-bond donors (Lipinski definition) is 1. The van der Waals surface area contributed by atoms with Crippen LogP contribution in [0.25, 0.3) is 15.7 Å². The minimum atomic E-state index is -0.764. The number of nitrogens with zero attached hydrogens (tertiary/aromatic N) is 6. The van der Waals surface area contributed by atoms with E-state index in [9.17, 15) is 19.6 Å². The number of carbonyl (C=O) groups excluding carboxylic acids is 3. The van der Waals surface area contributed by atoms with Gasteiger partial charge in [0, 0.05) is 35.8 Å². The third kappa shape index (κ3) is 4.90. The number of allylic oxidation sites excluding steroid dienone is 2. The number of nitriles is 1. The number of benzene rings is 2. The van der Waals surface area contributed by atoms with E-state index in [2.05, 4.69) is 26.3 Å². The first-order valence-corrected chi connectivity index (χ1v) is 13.4. The van der Waals surface area contributed by atoms with Gasteiger partial charge in [-0.25, -0.2) is 9.64 Å². The van der Waals surface area contributed by atoms with Crippen molar-refractivity contribution in [2.45, 2.75) is 46.1 Å². The minimum absolute atomic E-state index is 0.0748. The van der Waals surface area contributed by atoms with Gasteiger partial charge in [0.2, 0.25) is 0 Å². The molecule has 1 aromatic heterocycles. The highest BCUT2D eigenvalue weighted by atomic mass is 16.6. The highest BCUT2D eigenvalue weighted by Crippen LogP contribution is 2.41. The quantitative estimate of drug-likeness (QED) is 0.325. The molecule has 5 rings (SSSR count). The Bertz CT molecular complexity index is 1760. The molecule has 0 bridgehead atoms. The Morgan fingerprint density at radius 1 is 1.14 bits per heavy atom. The zero-order chi connectivity index (χ0) is 30.3. The Hall–Kier alpha value is -5.29. The van der Waals surface area contributed by atoms with Crippen molar-refractivity contribution < 1.29 is 19.1 Å². The van der Waals surface area contributed by atoms with Gasteiger partial charge < -0.3 is 10.1 Å². The molecular weight excluding hydrogens is 534 g/mol. The van der Waals surface area contributed by atoms with Gasteiger partial charge in [0.15, 0.2) is 11.5 Å². The Kier molecular flexibility index (Phi) is 7.13. The first-order valence-electron chi connectivity index (χ1n) is 13.4. The molecule has 11 heteroatoms. The molecule has 3 heterocycles. The summed E-state index contributed by atoms with van der Waals surface area (Å²) in [5, 5.41) is 18.2. The molecule has 0 radical (unpaired) electrons. The Labute approximate surface area is 242 Å². The van der Waals surface area contributed by atoms with Crippen molar-refractivity contribution in [3.8, 4) is 6.07 Å². The summed E-state index contributed by atoms with van der Waals surface area (Å²) in [7, 11) is 0. The van der Waals surface area contributed by atoms with Crippen LogP contribution < -0.4 is 5.32 Å². The topological polar surface area (TPSA) is 134 Å². The molecule has 0 aliphatic carbocycles. The minimum Gasteiger partial charge on any atom is -0.442 e. The largest absolute Gasteiger partial charge is 0.442 e. The Morgan fingerprint density at radius 2 is 1.81 bits per heavy atom. The van der Waals surface area contributed by atoms with E-state index in [1.807, 2.05) is 0 Å². The third-order valence-electron chi connectivity index (χ3n) is 7.19. The highest BCUT2D eigenvalue weighted by molar-refractivity contribution is 6.21. The summed E-state index contributed by atoms with van der Waals surface area (Å²) < 4.78 is 6.72. The van der Waals surface area contributed by atoms with Crippen LogP contribution in [-0.2, 0) is 4.74 Å². The van der Waals surface area contributed by atoms with Crippen LogP contribution >= 0.6 is 0 Å². The Balaban J connectivity index is 1.51. The second-order valence-corrected chi connectivity index (χ2v) is 11.2. The number of ether oxygens (including phenoxy) is 1. The van der Waals surface area contributed by atoms with Crippen molar-refractivity contribution in [2.75, 3.05) is 18.4 Å². The lowest BCUT2D eigenvalue weighted by Gasteiger charge is -2.26. The number of rotatable bonds is 5. The average Bonchev–Trinajstić information content (AvgIpc) is 3.42. The molecule has 2 atom stereocenters. The lowest BCUT2D eigenvalue weighted by Crippen LogP contribution is -2.34. The van der Waals surface area contributed by atoms with Crippen molar-refractivity contribution in [1.82, 2.24) is 14.7 Å². The van der Waals surface area contributed by atoms with Crippen molar-refractivity contribution in [2.24, 2.45) is 10.9 Å². The zero-order valence-electron chi connectivity index (χ0n) is 23.9. The Morgan fingerprint density at radius 3 is 2.40 bits per heavy atom. The molecule has 42 heavy (non-hydrogen) atoms. The van der Waals surface area contributed by atoms with Crippen molar-refractivity contribution in [3.05, 3.63) is 82.0 Å². The van der Waals surface area contributed by atoms with Crippen LogP contribution in [0.15, 0.2) is 58.9 Å². The van der Waals surface area contributed by atoms with Crippen LogP contribution in [0.5, 0.6) is 0 Å². The van der Waals surface area contributed by atoms with Gasteiger partial charge in [-0.2, -0.15) is 9.94 Å². The van der Waals surface area contributed by atoms with E-state index in [4.69, 9.17) is 11.3 Å². The summed E-state index contributed by atoms with van der Waals surface area (Å²) in [5.41, 5.74) is 2.68. The normalized spacial score (nSPS) is 18.5. The van der Waals surface area contributed by atoms with E-state index < -0.39 is 23.5 Å². The molecule has 1 N–H and O–H groups in total. The molecule has 11 nitrogen and oxygen atoms in total. The van der Waals surface area contributed by atoms with E-state index in [0.29, 0.717) is 50.5 Å². The standard InChI is InChI=1S/C31H29N7O4/c1-17-23(16-32)25(26(33-6)18(2)35-17)19-11-12-24-22(15-19)27(36-38(24)30(41)42-31(3,4)5)34-13-14-37-28(39)20-9-7-8-10-21(20)29(37)40/h7-12,15,23,25H,13-14H2,1-5H3,(H,34,36). The lowest BCUT2D eigenvalue weighted by atomic mass is 9.79. The fraction of sp³-hybridized carbons (Fsp3) is 0.323. The lowest BCUT2D eigenvalue weighted by molar-refractivity contribution is 0.0522. The number of fused-ring (bicyclic) bond motifs is 2. The smallest absolute Gasteiger partial charge is 0.435 e. The van der Waals surface area contributed by atoms with E-state index in [1.54, 1.807) is 77.1 Å². The predicted molar refractivity (Wildman–Crippen MR) is 156 cm³/mol. The first-order chi connectivity index (χ1) is 19.9. The molecule has 2 unspecified atom stereocenters. The van der Waals surface area contributed by atoms with Gasteiger partial charge in [0.05, 0.1) is 35.2 Å². The SMILES string of the molecule is [C-]#[N+]C1=C(C)N=C(C)C(C#N)C1c1ccc2c(c1)c(NCCN1C(=O)c3ccccc3C1=O)nn2C(=O)OC(C)(C)C.